The summed E-state index contributed by atoms with van der Waals surface area (Å²) in [6, 6.07) is 24.6. The molecular formula is C28H17N2NaO5S. The van der Waals surface area contributed by atoms with Crippen molar-refractivity contribution in [2.45, 2.75) is 4.90 Å². The van der Waals surface area contributed by atoms with Crippen LogP contribution in [0.25, 0.3) is 21.5 Å². The molecule has 3 N–H and O–H groups in total. The maximum atomic E-state index is 13.5. The monoisotopic (exact) mass is 516 g/mol. The third kappa shape index (κ3) is 4.03. The third-order valence-electron chi connectivity index (χ3n) is 6.49. The molecule has 5 aromatic rings. The molecule has 9 heteroatoms. The molecule has 0 aromatic heterocycles. The molecule has 0 heterocycles. The van der Waals surface area contributed by atoms with E-state index in [0.717, 1.165) is 27.6 Å². The van der Waals surface area contributed by atoms with Crippen molar-refractivity contribution in [3.63, 3.8) is 0 Å². The third-order valence-corrected chi connectivity index (χ3v) is 7.36. The maximum absolute atomic E-state index is 13.5. The van der Waals surface area contributed by atoms with Gasteiger partial charge >= 0.3 is 29.6 Å². The molecule has 0 radical (unpaired) electrons. The molecule has 0 bridgehead atoms. The minimum Gasteiger partial charge on any atom is -0.744 e. The molecule has 7 nitrogen and oxygen atoms in total. The van der Waals surface area contributed by atoms with E-state index in [1.165, 1.54) is 12.1 Å². The summed E-state index contributed by atoms with van der Waals surface area (Å²) >= 11 is 0. The second kappa shape index (κ2) is 9.09. The largest absolute Gasteiger partial charge is 1.00 e. The van der Waals surface area contributed by atoms with Crippen LogP contribution in [0.5, 0.6) is 0 Å². The van der Waals surface area contributed by atoms with Crippen LogP contribution in [0, 0.1) is 0 Å². The zero-order chi connectivity index (χ0) is 25.2. The fourth-order valence-corrected chi connectivity index (χ4v) is 5.45. The van der Waals surface area contributed by atoms with E-state index in [1.807, 2.05) is 48.5 Å². The minimum absolute atomic E-state index is 0. The normalized spacial score (nSPS) is 12.7. The molecule has 6 rings (SSSR count). The zero-order valence-electron chi connectivity index (χ0n) is 19.6. The Balaban J connectivity index is 0.00000280. The first kappa shape index (κ1) is 25.1. The maximum Gasteiger partial charge on any atom is 1.00 e. The molecule has 1 aliphatic carbocycles. The van der Waals surface area contributed by atoms with Crippen LogP contribution >= 0.6 is 0 Å². The number of benzene rings is 5. The first-order chi connectivity index (χ1) is 17.2. The van der Waals surface area contributed by atoms with E-state index in [0.29, 0.717) is 5.69 Å². The van der Waals surface area contributed by atoms with E-state index in [9.17, 15) is 22.6 Å². The van der Waals surface area contributed by atoms with Crippen molar-refractivity contribution < 1.29 is 52.1 Å². The zero-order valence-corrected chi connectivity index (χ0v) is 22.4. The summed E-state index contributed by atoms with van der Waals surface area (Å²) in [5.41, 5.74) is 6.02. The van der Waals surface area contributed by atoms with Gasteiger partial charge in [0.05, 0.1) is 27.4 Å². The van der Waals surface area contributed by atoms with Crippen LogP contribution in [0.3, 0.4) is 0 Å². The predicted octanol–water partition coefficient (Wildman–Crippen LogP) is 2.00. The number of nitrogen functional groups attached to an aromatic ring is 1. The molecule has 0 fully saturated rings. The smallest absolute Gasteiger partial charge is 0.744 e. The number of hydrogen-bond acceptors (Lipinski definition) is 7. The Labute approximate surface area is 234 Å². The van der Waals surface area contributed by atoms with Gasteiger partial charge in [0.15, 0.2) is 11.6 Å². The summed E-state index contributed by atoms with van der Waals surface area (Å²) in [6.45, 7) is 0. The molecule has 0 saturated heterocycles. The Morgan fingerprint density at radius 2 is 1.24 bits per heavy atom. The molecule has 0 aliphatic heterocycles. The summed E-state index contributed by atoms with van der Waals surface area (Å²) in [5, 5.41) is 6.88. The summed E-state index contributed by atoms with van der Waals surface area (Å²) in [7, 11) is -5.05. The van der Waals surface area contributed by atoms with E-state index < -0.39 is 32.3 Å². The van der Waals surface area contributed by atoms with E-state index in [2.05, 4.69) is 5.32 Å². The Hall–Kier alpha value is -3.53. The number of nitrogens with two attached hydrogens (primary N) is 1. The number of anilines is 3. The Morgan fingerprint density at radius 3 is 1.89 bits per heavy atom. The van der Waals surface area contributed by atoms with Gasteiger partial charge in [-0.1, -0.05) is 60.7 Å². The van der Waals surface area contributed by atoms with E-state index in [4.69, 9.17) is 5.73 Å². The quantitative estimate of drug-likeness (QED) is 0.159. The van der Waals surface area contributed by atoms with Crippen molar-refractivity contribution in [3.8, 4) is 0 Å². The van der Waals surface area contributed by atoms with Crippen LogP contribution < -0.4 is 40.6 Å². The van der Waals surface area contributed by atoms with Crippen molar-refractivity contribution in [1.29, 1.82) is 0 Å². The van der Waals surface area contributed by atoms with Gasteiger partial charge in [-0.25, -0.2) is 8.42 Å². The van der Waals surface area contributed by atoms with E-state index >= 15 is 0 Å². The van der Waals surface area contributed by atoms with Gasteiger partial charge in [0.25, 0.3) is 0 Å². The Morgan fingerprint density at radius 1 is 0.676 bits per heavy atom. The summed E-state index contributed by atoms with van der Waals surface area (Å²) in [4.78, 5) is 26.1. The SMILES string of the molecule is Nc1c(S(=O)(=O)[O-])cc(Nc2cccc3cc4ccccc4cc23)c2c1C(=O)c1ccccc1C2=O.[Na+]. The number of carbonyl (C=O) groups is 2. The van der Waals surface area contributed by atoms with Gasteiger partial charge in [-0.05, 0) is 40.4 Å². The summed E-state index contributed by atoms with van der Waals surface area (Å²) in [5.74, 6) is -1.11. The molecule has 176 valence electrons. The molecule has 37 heavy (non-hydrogen) atoms. The van der Waals surface area contributed by atoms with Gasteiger partial charge in [0, 0.05) is 22.2 Å². The number of carbonyl (C=O) groups excluding carboxylic acids is 2. The van der Waals surface area contributed by atoms with Crippen LogP contribution in [0.15, 0.2) is 89.8 Å². The fraction of sp³-hybridized carbons (Fsp3) is 0. The standard InChI is InChI=1S/C28H18N2O5S.Na/c29-26-23(36(33,34)35)14-22(24-25(26)28(32)19-10-4-3-9-18(19)27(24)31)30-21-11-5-8-17-12-15-6-1-2-7-16(15)13-20(17)21;/h1-14,30H,29H2,(H,33,34,35);/q;+1/p-1. The summed E-state index contributed by atoms with van der Waals surface area (Å²) in [6.07, 6.45) is 0. The van der Waals surface area contributed by atoms with E-state index in [1.54, 1.807) is 18.2 Å². The first-order valence-corrected chi connectivity index (χ1v) is 12.4. The van der Waals surface area contributed by atoms with Gasteiger partial charge < -0.3 is 15.6 Å². The molecule has 5 aromatic carbocycles. The van der Waals surface area contributed by atoms with Crippen molar-refractivity contribution in [2.24, 2.45) is 0 Å². The molecule has 0 unspecified atom stereocenters. The molecule has 0 saturated carbocycles. The number of nitrogens with one attached hydrogen (secondary N) is 1. The Kier molecular flexibility index (Phi) is 6.18. The van der Waals surface area contributed by atoms with E-state index in [-0.39, 0.29) is 57.5 Å². The van der Waals surface area contributed by atoms with Crippen LogP contribution in [-0.4, -0.2) is 24.5 Å². The van der Waals surface area contributed by atoms with Crippen LogP contribution in [-0.2, 0) is 10.1 Å². The second-order valence-electron chi connectivity index (χ2n) is 8.59. The molecule has 0 spiro atoms. The van der Waals surface area contributed by atoms with Gasteiger partial charge in [0.1, 0.15) is 10.1 Å². The van der Waals surface area contributed by atoms with Crippen LogP contribution in [0.2, 0.25) is 0 Å². The van der Waals surface area contributed by atoms with Crippen molar-refractivity contribution in [3.05, 3.63) is 107 Å². The predicted molar refractivity (Wildman–Crippen MR) is 137 cm³/mol. The van der Waals surface area contributed by atoms with Crippen molar-refractivity contribution in [1.82, 2.24) is 0 Å². The molecule has 0 amide bonds. The Bertz CT molecular complexity index is 1900. The molecule has 1 aliphatic rings. The minimum atomic E-state index is -5.05. The average Bonchev–Trinajstić information content (AvgIpc) is 2.86. The molecule has 0 atom stereocenters. The molecular weight excluding hydrogens is 499 g/mol. The summed E-state index contributed by atoms with van der Waals surface area (Å²) < 4.78 is 36.2. The van der Waals surface area contributed by atoms with Gasteiger partial charge in [0.2, 0.25) is 0 Å². The van der Waals surface area contributed by atoms with Crippen LogP contribution in [0.1, 0.15) is 31.8 Å². The second-order valence-corrected chi connectivity index (χ2v) is 9.94. The topological polar surface area (TPSA) is 129 Å². The first-order valence-electron chi connectivity index (χ1n) is 11.0. The van der Waals surface area contributed by atoms with Gasteiger partial charge in [-0.2, -0.15) is 0 Å². The van der Waals surface area contributed by atoms with Crippen LogP contribution in [0.4, 0.5) is 17.1 Å². The number of fused-ring (bicyclic) bond motifs is 4. The van der Waals surface area contributed by atoms with Crippen molar-refractivity contribution in [2.75, 3.05) is 11.1 Å². The van der Waals surface area contributed by atoms with Gasteiger partial charge in [-0.15, -0.1) is 0 Å². The van der Waals surface area contributed by atoms with Crippen molar-refractivity contribution >= 4 is 60.3 Å². The fourth-order valence-electron chi connectivity index (χ4n) is 4.82. The van der Waals surface area contributed by atoms with Gasteiger partial charge in [-0.3, -0.25) is 9.59 Å². The number of hydrogen-bond donors (Lipinski definition) is 2. The number of ketones is 2. The number of rotatable bonds is 3. The average molecular weight is 517 g/mol.